The van der Waals surface area contributed by atoms with Gasteiger partial charge in [-0.3, -0.25) is 10.4 Å². The van der Waals surface area contributed by atoms with Gasteiger partial charge in [-0.15, -0.1) is 0 Å². The van der Waals surface area contributed by atoms with E-state index in [1.807, 2.05) is 53.7 Å². The molecule has 2 aliphatic heterocycles. The van der Waals surface area contributed by atoms with E-state index in [2.05, 4.69) is 22.6 Å². The van der Waals surface area contributed by atoms with Crippen LogP contribution < -0.4 is 11.2 Å². The van der Waals surface area contributed by atoms with E-state index in [0.29, 0.717) is 18.9 Å². The molecule has 2 aromatic carbocycles. The molecule has 2 aliphatic rings. The van der Waals surface area contributed by atoms with Crippen LogP contribution in [-0.4, -0.2) is 62.7 Å². The number of benzene rings is 2. The molecule has 0 saturated carbocycles. The molecule has 0 radical (unpaired) electrons. The summed E-state index contributed by atoms with van der Waals surface area (Å²) in [5.41, 5.74) is 14.0. The standard InChI is InChI=1S/C25H29N5O4/c26-11-10-16-6-8-18(9-7-16)28-29-12-20-19(17-4-2-1-3-5-17)13-30(24(20)27-15-29)25-23(33)22(32)21(14-31)34-25/h1-9,13,15,21-23,25,28,31-33H,10-12,14,26H2/t21-,22+,23+,25-/m1/s1. The summed E-state index contributed by atoms with van der Waals surface area (Å²) < 4.78 is 7.54. The summed E-state index contributed by atoms with van der Waals surface area (Å²) >= 11 is 0. The molecule has 9 nitrogen and oxygen atoms in total. The molecule has 6 N–H and O–H groups in total. The first-order valence-corrected chi connectivity index (χ1v) is 11.4. The highest BCUT2D eigenvalue weighted by Gasteiger charge is 2.44. The van der Waals surface area contributed by atoms with Gasteiger partial charge in [-0.05, 0) is 36.2 Å². The predicted octanol–water partition coefficient (Wildman–Crippen LogP) is 1.77. The number of nitrogens with two attached hydrogens (primary N) is 1. The number of aliphatic hydroxyl groups is 3. The number of anilines is 1. The Hall–Kier alpha value is -3.21. The van der Waals surface area contributed by atoms with Gasteiger partial charge < -0.3 is 30.4 Å². The number of aliphatic hydroxyl groups excluding tert-OH is 3. The van der Waals surface area contributed by atoms with Crippen LogP contribution in [0.25, 0.3) is 11.1 Å². The molecule has 0 aliphatic carbocycles. The van der Waals surface area contributed by atoms with Crippen molar-refractivity contribution in [1.82, 2.24) is 9.58 Å². The maximum Gasteiger partial charge on any atom is 0.164 e. The van der Waals surface area contributed by atoms with E-state index in [9.17, 15) is 15.3 Å². The first kappa shape index (κ1) is 22.6. The van der Waals surface area contributed by atoms with Crippen molar-refractivity contribution in [3.05, 3.63) is 71.9 Å². The fourth-order valence-electron chi connectivity index (χ4n) is 4.51. The minimum absolute atomic E-state index is 0.380. The van der Waals surface area contributed by atoms with Crippen molar-refractivity contribution < 1.29 is 20.1 Å². The third kappa shape index (κ3) is 4.20. The molecule has 1 saturated heterocycles. The van der Waals surface area contributed by atoms with Gasteiger partial charge in [-0.1, -0.05) is 42.5 Å². The zero-order chi connectivity index (χ0) is 23.7. The van der Waals surface area contributed by atoms with Crippen LogP contribution in [0, 0.1) is 0 Å². The SMILES string of the molecule is NCCc1ccc(NN2C=Nc3c(c(-c4ccccc4)cn3[C@@H]3O[C@H](CO)[C@H](O)[C@@H]3O)C2)cc1. The number of rotatable bonds is 7. The maximum atomic E-state index is 10.6. The van der Waals surface area contributed by atoms with Crippen molar-refractivity contribution in [2.24, 2.45) is 10.7 Å². The largest absolute Gasteiger partial charge is 0.394 e. The summed E-state index contributed by atoms with van der Waals surface area (Å²) in [4.78, 5) is 4.67. The number of aliphatic imine (C=N–C) groups is 1. The van der Waals surface area contributed by atoms with E-state index in [1.54, 1.807) is 10.9 Å². The van der Waals surface area contributed by atoms with Crippen molar-refractivity contribution in [2.75, 3.05) is 18.6 Å². The van der Waals surface area contributed by atoms with Gasteiger partial charge in [0.25, 0.3) is 0 Å². The molecule has 1 aromatic heterocycles. The van der Waals surface area contributed by atoms with Crippen LogP contribution in [0.3, 0.4) is 0 Å². The lowest BCUT2D eigenvalue weighted by molar-refractivity contribution is -0.0518. The Labute approximate surface area is 197 Å². The number of hydrogen-bond donors (Lipinski definition) is 5. The highest BCUT2D eigenvalue weighted by atomic mass is 16.6. The molecule has 0 bridgehead atoms. The second-order valence-electron chi connectivity index (χ2n) is 8.57. The molecule has 178 valence electrons. The molecule has 3 heterocycles. The molecular weight excluding hydrogens is 434 g/mol. The van der Waals surface area contributed by atoms with Crippen molar-refractivity contribution in [3.8, 4) is 11.1 Å². The van der Waals surface area contributed by atoms with Crippen molar-refractivity contribution >= 4 is 17.8 Å². The lowest BCUT2D eigenvalue weighted by atomic mass is 10.0. The summed E-state index contributed by atoms with van der Waals surface area (Å²) in [7, 11) is 0. The molecular formula is C25H29N5O4. The molecule has 5 rings (SSSR count). The van der Waals surface area contributed by atoms with E-state index >= 15 is 0 Å². The van der Waals surface area contributed by atoms with Gasteiger partial charge in [-0.25, -0.2) is 4.99 Å². The van der Waals surface area contributed by atoms with Crippen molar-refractivity contribution in [1.29, 1.82) is 0 Å². The van der Waals surface area contributed by atoms with Crippen LogP contribution in [0.2, 0.25) is 0 Å². The third-order valence-electron chi connectivity index (χ3n) is 6.29. The first-order valence-electron chi connectivity index (χ1n) is 11.4. The monoisotopic (exact) mass is 463 g/mol. The van der Waals surface area contributed by atoms with E-state index in [1.165, 1.54) is 5.56 Å². The van der Waals surface area contributed by atoms with Gasteiger partial charge in [0.05, 0.1) is 18.8 Å². The van der Waals surface area contributed by atoms with Gasteiger partial charge >= 0.3 is 0 Å². The molecule has 1 fully saturated rings. The molecule has 4 atom stereocenters. The van der Waals surface area contributed by atoms with E-state index < -0.39 is 24.5 Å². The Morgan fingerprint density at radius 2 is 1.82 bits per heavy atom. The van der Waals surface area contributed by atoms with Gasteiger partial charge in [0.1, 0.15) is 30.5 Å². The van der Waals surface area contributed by atoms with Crippen LogP contribution in [0.4, 0.5) is 11.5 Å². The Morgan fingerprint density at radius 3 is 2.50 bits per heavy atom. The molecule has 0 spiro atoms. The van der Waals surface area contributed by atoms with E-state index in [-0.39, 0.29) is 6.61 Å². The number of nitrogens with one attached hydrogen (secondary N) is 1. The van der Waals surface area contributed by atoms with Crippen molar-refractivity contribution in [3.63, 3.8) is 0 Å². The Bertz CT molecular complexity index is 1150. The number of nitrogens with zero attached hydrogens (tertiary/aromatic N) is 3. The normalized spacial score (nSPS) is 23.8. The smallest absolute Gasteiger partial charge is 0.164 e. The highest BCUT2D eigenvalue weighted by Crippen LogP contribution is 2.41. The maximum absolute atomic E-state index is 10.6. The number of aromatic nitrogens is 1. The molecule has 3 aromatic rings. The Kier molecular flexibility index (Phi) is 6.36. The van der Waals surface area contributed by atoms with Crippen LogP contribution in [0.5, 0.6) is 0 Å². The Morgan fingerprint density at radius 1 is 1.06 bits per heavy atom. The van der Waals surface area contributed by atoms with E-state index in [4.69, 9.17) is 10.5 Å². The highest BCUT2D eigenvalue weighted by molar-refractivity contribution is 5.77. The van der Waals surface area contributed by atoms with E-state index in [0.717, 1.165) is 28.8 Å². The average molecular weight is 464 g/mol. The molecule has 9 heteroatoms. The fraction of sp³-hybridized carbons (Fsp3) is 0.320. The molecule has 34 heavy (non-hydrogen) atoms. The third-order valence-corrected chi connectivity index (χ3v) is 6.29. The fourth-order valence-corrected chi connectivity index (χ4v) is 4.51. The minimum atomic E-state index is -1.18. The number of ether oxygens (including phenoxy) is 1. The molecule has 0 unspecified atom stereocenters. The zero-order valence-corrected chi connectivity index (χ0v) is 18.7. The quantitative estimate of drug-likeness (QED) is 0.361. The lowest BCUT2D eigenvalue weighted by Gasteiger charge is -2.26. The second kappa shape index (κ2) is 9.57. The van der Waals surface area contributed by atoms with Crippen LogP contribution >= 0.6 is 0 Å². The second-order valence-corrected chi connectivity index (χ2v) is 8.57. The minimum Gasteiger partial charge on any atom is -0.394 e. The summed E-state index contributed by atoms with van der Waals surface area (Å²) in [5, 5.41) is 32.3. The van der Waals surface area contributed by atoms with Gasteiger partial charge in [0, 0.05) is 17.3 Å². The topological polar surface area (TPSA) is 128 Å². The van der Waals surface area contributed by atoms with Crippen LogP contribution in [-0.2, 0) is 17.7 Å². The van der Waals surface area contributed by atoms with Crippen LogP contribution in [0.1, 0.15) is 17.4 Å². The Balaban J connectivity index is 1.46. The van der Waals surface area contributed by atoms with Crippen molar-refractivity contribution in [2.45, 2.75) is 37.5 Å². The average Bonchev–Trinajstić information content (AvgIpc) is 3.38. The number of fused-ring (bicyclic) bond motifs is 1. The summed E-state index contributed by atoms with van der Waals surface area (Å²) in [5.74, 6) is 0.644. The first-order chi connectivity index (χ1) is 16.6. The summed E-state index contributed by atoms with van der Waals surface area (Å²) in [6.07, 6.45) is 0.350. The van der Waals surface area contributed by atoms with Crippen LogP contribution in [0.15, 0.2) is 65.8 Å². The lowest BCUT2D eigenvalue weighted by Crippen LogP contribution is -2.33. The summed E-state index contributed by atoms with van der Waals surface area (Å²) in [6, 6.07) is 18.1. The van der Waals surface area contributed by atoms with Gasteiger partial charge in [0.2, 0.25) is 0 Å². The zero-order valence-electron chi connectivity index (χ0n) is 18.7. The molecule has 0 amide bonds. The number of hydrazine groups is 1. The summed E-state index contributed by atoms with van der Waals surface area (Å²) in [6.45, 7) is 0.757. The number of hydrogen-bond acceptors (Lipinski definition) is 8. The van der Waals surface area contributed by atoms with Gasteiger partial charge in [-0.2, -0.15) is 0 Å². The predicted molar refractivity (Wildman–Crippen MR) is 129 cm³/mol. The van der Waals surface area contributed by atoms with Gasteiger partial charge in [0.15, 0.2) is 6.23 Å².